The molecule has 2 heterocycles. The van der Waals surface area contributed by atoms with Crippen LogP contribution in [0.5, 0.6) is 17.4 Å². The third kappa shape index (κ3) is 5.33. The quantitative estimate of drug-likeness (QED) is 0.333. The minimum atomic E-state index is -4.66. The average Bonchev–Trinajstić information content (AvgIpc) is 3.29. The summed E-state index contributed by atoms with van der Waals surface area (Å²) in [7, 11) is -1.14. The number of methoxy groups -OCH3 is 2. The minimum Gasteiger partial charge on any atom is -0.497 e. The first-order chi connectivity index (χ1) is 17.1. The summed E-state index contributed by atoms with van der Waals surface area (Å²) in [5, 5.41) is 12.6. The largest absolute Gasteiger partial charge is 0.497 e. The molecule has 190 valence electrons. The Kier molecular flexibility index (Phi) is 6.99. The van der Waals surface area contributed by atoms with E-state index in [0.717, 1.165) is 18.2 Å². The zero-order chi connectivity index (χ0) is 25.9. The molecule has 10 nitrogen and oxygen atoms in total. The maximum Gasteiger partial charge on any atom is 0.416 e. The van der Waals surface area contributed by atoms with Gasteiger partial charge in [0.25, 0.3) is 0 Å². The number of halogens is 3. The predicted octanol–water partition coefficient (Wildman–Crippen LogP) is 3.18. The number of hydrogen-bond donors (Lipinski definition) is 1. The van der Waals surface area contributed by atoms with Crippen LogP contribution < -0.4 is 18.9 Å². The van der Waals surface area contributed by atoms with Crippen LogP contribution in [-0.4, -0.2) is 55.6 Å². The Morgan fingerprint density at radius 2 is 1.81 bits per heavy atom. The van der Waals surface area contributed by atoms with E-state index < -0.39 is 26.7 Å². The molecule has 0 aliphatic carbocycles. The first-order valence-corrected chi connectivity index (χ1v) is 11.9. The number of sulfonamides is 1. The van der Waals surface area contributed by atoms with E-state index in [4.69, 9.17) is 14.2 Å². The number of nitrogens with one attached hydrogen (secondary N) is 1. The fourth-order valence-electron chi connectivity index (χ4n) is 3.25. The maximum atomic E-state index is 12.9. The molecule has 0 aliphatic rings. The van der Waals surface area contributed by atoms with Gasteiger partial charge in [-0.05, 0) is 36.4 Å². The molecule has 2 aromatic carbocycles. The Hall–Kier alpha value is -3.91. The van der Waals surface area contributed by atoms with Crippen LogP contribution in [0, 0.1) is 0 Å². The van der Waals surface area contributed by atoms with Crippen LogP contribution in [-0.2, 0) is 16.2 Å². The van der Waals surface area contributed by atoms with Crippen molar-refractivity contribution in [2.24, 2.45) is 0 Å². The van der Waals surface area contributed by atoms with E-state index in [-0.39, 0.29) is 19.0 Å². The molecule has 0 fully saturated rings. The normalized spacial score (nSPS) is 12.0. The molecule has 2 aromatic heterocycles. The van der Waals surface area contributed by atoms with Crippen molar-refractivity contribution >= 4 is 15.7 Å². The van der Waals surface area contributed by atoms with E-state index in [1.54, 1.807) is 24.3 Å². The van der Waals surface area contributed by atoms with E-state index in [9.17, 15) is 21.6 Å². The van der Waals surface area contributed by atoms with Gasteiger partial charge >= 0.3 is 6.18 Å². The van der Waals surface area contributed by atoms with Crippen molar-refractivity contribution in [2.75, 3.05) is 27.4 Å². The third-order valence-corrected chi connectivity index (χ3v) is 6.46. The molecular weight excluding hydrogens is 503 g/mol. The van der Waals surface area contributed by atoms with E-state index >= 15 is 0 Å². The van der Waals surface area contributed by atoms with Crippen molar-refractivity contribution in [3.05, 3.63) is 60.2 Å². The number of alkyl halides is 3. The summed E-state index contributed by atoms with van der Waals surface area (Å²) in [6, 6.07) is 11.8. The lowest BCUT2D eigenvalue weighted by Crippen LogP contribution is -2.28. The van der Waals surface area contributed by atoms with Gasteiger partial charge in [0.2, 0.25) is 15.9 Å². The Morgan fingerprint density at radius 3 is 2.53 bits per heavy atom. The SMILES string of the molecule is COc1ccc(-c2nnc3ccc(OCCNS(=O)(=O)c4cccc(C(F)(F)F)c4)nn23)c(OC)c1. The monoisotopic (exact) mass is 523 g/mol. The summed E-state index contributed by atoms with van der Waals surface area (Å²) in [6.45, 7) is -0.348. The molecule has 0 radical (unpaired) electrons. The van der Waals surface area contributed by atoms with Gasteiger partial charge < -0.3 is 14.2 Å². The second-order valence-electron chi connectivity index (χ2n) is 7.30. The minimum absolute atomic E-state index is 0.139. The Labute approximate surface area is 203 Å². The molecule has 36 heavy (non-hydrogen) atoms. The van der Waals surface area contributed by atoms with Crippen LogP contribution in [0.1, 0.15) is 5.56 Å². The van der Waals surface area contributed by atoms with Crippen LogP contribution in [0.25, 0.3) is 17.0 Å². The molecule has 4 rings (SSSR count). The highest BCUT2D eigenvalue weighted by Gasteiger charge is 2.31. The summed E-state index contributed by atoms with van der Waals surface area (Å²) < 4.78 is 83.2. The third-order valence-electron chi connectivity index (χ3n) is 5.00. The summed E-state index contributed by atoms with van der Waals surface area (Å²) in [6.07, 6.45) is -4.66. The number of rotatable bonds is 9. The molecule has 0 spiro atoms. The van der Waals surface area contributed by atoms with E-state index in [1.165, 1.54) is 24.8 Å². The van der Waals surface area contributed by atoms with Gasteiger partial charge in [-0.3, -0.25) is 0 Å². The van der Waals surface area contributed by atoms with E-state index in [0.29, 0.717) is 34.6 Å². The van der Waals surface area contributed by atoms with Gasteiger partial charge in [-0.2, -0.15) is 17.7 Å². The first kappa shape index (κ1) is 25.2. The molecular formula is C22H20F3N5O5S. The lowest BCUT2D eigenvalue weighted by atomic mass is 10.2. The maximum absolute atomic E-state index is 12.9. The van der Waals surface area contributed by atoms with Gasteiger partial charge in [-0.15, -0.1) is 15.3 Å². The van der Waals surface area contributed by atoms with Crippen molar-refractivity contribution in [3.8, 4) is 28.8 Å². The average molecular weight is 523 g/mol. The zero-order valence-corrected chi connectivity index (χ0v) is 19.8. The van der Waals surface area contributed by atoms with Crippen LogP contribution in [0.2, 0.25) is 0 Å². The van der Waals surface area contributed by atoms with Crippen molar-refractivity contribution in [1.82, 2.24) is 24.5 Å². The highest BCUT2D eigenvalue weighted by molar-refractivity contribution is 7.89. The summed E-state index contributed by atoms with van der Waals surface area (Å²) in [5.74, 6) is 1.60. The van der Waals surface area contributed by atoms with Crippen LogP contribution in [0.4, 0.5) is 13.2 Å². The smallest absolute Gasteiger partial charge is 0.416 e. The van der Waals surface area contributed by atoms with Crippen molar-refractivity contribution in [1.29, 1.82) is 0 Å². The molecule has 0 bridgehead atoms. The van der Waals surface area contributed by atoms with Crippen molar-refractivity contribution in [3.63, 3.8) is 0 Å². The van der Waals surface area contributed by atoms with Crippen LogP contribution >= 0.6 is 0 Å². The van der Waals surface area contributed by atoms with Gasteiger partial charge in [-0.1, -0.05) is 6.07 Å². The fourth-order valence-corrected chi connectivity index (χ4v) is 4.31. The Morgan fingerprint density at radius 1 is 1.00 bits per heavy atom. The number of fused-ring (bicyclic) bond motifs is 1. The van der Waals surface area contributed by atoms with E-state index in [1.807, 2.05) is 0 Å². The highest BCUT2D eigenvalue weighted by atomic mass is 32.2. The molecule has 14 heteroatoms. The lowest BCUT2D eigenvalue weighted by Gasteiger charge is -2.11. The number of aromatic nitrogens is 4. The van der Waals surface area contributed by atoms with Crippen LogP contribution in [0.15, 0.2) is 59.5 Å². The molecule has 0 saturated carbocycles. The summed E-state index contributed by atoms with van der Waals surface area (Å²) in [5.41, 5.74) is -0.0258. The van der Waals surface area contributed by atoms with Crippen molar-refractivity contribution in [2.45, 2.75) is 11.1 Å². The van der Waals surface area contributed by atoms with Gasteiger partial charge in [-0.25, -0.2) is 13.1 Å². The Bertz CT molecular complexity index is 1490. The van der Waals surface area contributed by atoms with Gasteiger partial charge in [0.1, 0.15) is 18.1 Å². The molecule has 0 saturated heterocycles. The standard InChI is InChI=1S/C22H20F3N5O5S/c1-33-15-6-7-17(18(13-15)34-2)21-28-27-19-8-9-20(29-30(19)21)35-11-10-26-36(31,32)16-5-3-4-14(12-16)22(23,24)25/h3-9,12-13,26H,10-11H2,1-2H3. The number of nitrogens with zero attached hydrogens (tertiary/aromatic N) is 4. The second kappa shape index (κ2) is 9.99. The summed E-state index contributed by atoms with van der Waals surface area (Å²) >= 11 is 0. The first-order valence-electron chi connectivity index (χ1n) is 10.4. The second-order valence-corrected chi connectivity index (χ2v) is 9.07. The fraction of sp³-hybridized carbons (Fsp3) is 0.227. The topological polar surface area (TPSA) is 117 Å². The molecule has 0 unspecified atom stereocenters. The molecule has 0 atom stereocenters. The predicted molar refractivity (Wildman–Crippen MR) is 121 cm³/mol. The van der Waals surface area contributed by atoms with Gasteiger partial charge in [0, 0.05) is 18.7 Å². The number of hydrogen-bond acceptors (Lipinski definition) is 8. The Balaban J connectivity index is 1.46. The van der Waals surface area contributed by atoms with Crippen LogP contribution in [0.3, 0.4) is 0 Å². The molecule has 0 amide bonds. The van der Waals surface area contributed by atoms with E-state index in [2.05, 4.69) is 20.0 Å². The molecule has 1 N–H and O–H groups in total. The number of benzene rings is 2. The summed E-state index contributed by atoms with van der Waals surface area (Å²) in [4.78, 5) is -0.501. The van der Waals surface area contributed by atoms with Gasteiger partial charge in [0.05, 0.1) is 30.2 Å². The number of ether oxygens (including phenoxy) is 3. The highest BCUT2D eigenvalue weighted by Crippen LogP contribution is 2.32. The van der Waals surface area contributed by atoms with Crippen molar-refractivity contribution < 1.29 is 35.8 Å². The zero-order valence-electron chi connectivity index (χ0n) is 19.0. The lowest BCUT2D eigenvalue weighted by molar-refractivity contribution is -0.137. The molecule has 0 aliphatic heterocycles. The molecule has 4 aromatic rings. The van der Waals surface area contributed by atoms with Gasteiger partial charge in [0.15, 0.2) is 11.5 Å².